The third-order valence-corrected chi connectivity index (χ3v) is 5.36. The fourth-order valence-corrected chi connectivity index (χ4v) is 4.07. The molecule has 0 radical (unpaired) electrons. The number of fused-ring (bicyclic) bond motifs is 1. The third kappa shape index (κ3) is 4.79. The van der Waals surface area contributed by atoms with E-state index in [0.29, 0.717) is 24.1 Å². The molecule has 1 N–H and O–H groups in total. The highest BCUT2D eigenvalue weighted by molar-refractivity contribution is 5.92. The zero-order valence-corrected chi connectivity index (χ0v) is 17.3. The Bertz CT molecular complexity index is 1010. The molecule has 1 aliphatic rings. The summed E-state index contributed by atoms with van der Waals surface area (Å²) in [5.74, 6) is 1.59. The maximum Gasteiger partial charge on any atom is 0.225 e. The minimum atomic E-state index is 0.0125. The van der Waals surface area contributed by atoms with Crippen molar-refractivity contribution in [3.05, 3.63) is 36.7 Å². The Hall–Kier alpha value is -2.80. The monoisotopic (exact) mass is 392 g/mol. The number of aromatic nitrogens is 4. The molecular weight excluding hydrogens is 364 g/mol. The highest BCUT2D eigenvalue weighted by atomic mass is 16.1. The van der Waals surface area contributed by atoms with Gasteiger partial charge in [-0.3, -0.25) is 9.48 Å². The summed E-state index contributed by atoms with van der Waals surface area (Å²) in [6.07, 6.45) is 5.42. The van der Waals surface area contributed by atoms with Gasteiger partial charge in [-0.15, -0.1) is 10.2 Å². The molecule has 3 heterocycles. The van der Waals surface area contributed by atoms with Gasteiger partial charge in [-0.05, 0) is 48.6 Å². The maximum atomic E-state index is 12.5. The number of nitrogens with zero attached hydrogens (tertiary/aromatic N) is 5. The zero-order chi connectivity index (χ0) is 20.4. The van der Waals surface area contributed by atoms with E-state index in [1.807, 2.05) is 37.6 Å². The largest absolute Gasteiger partial charge is 0.309 e. The predicted molar refractivity (Wildman–Crippen MR) is 114 cm³/mol. The van der Waals surface area contributed by atoms with Gasteiger partial charge in [-0.1, -0.05) is 19.9 Å². The van der Waals surface area contributed by atoms with Crippen molar-refractivity contribution in [1.29, 1.82) is 0 Å². The topological polar surface area (TPSA) is 75.9 Å². The number of aryl methyl sites for hydroxylation is 1. The van der Waals surface area contributed by atoms with Crippen LogP contribution in [-0.2, 0) is 11.8 Å². The molecule has 1 amide bonds. The van der Waals surface area contributed by atoms with Crippen molar-refractivity contribution < 1.29 is 4.79 Å². The van der Waals surface area contributed by atoms with E-state index in [1.165, 1.54) is 0 Å². The van der Waals surface area contributed by atoms with E-state index in [4.69, 9.17) is 0 Å². The van der Waals surface area contributed by atoms with Crippen LogP contribution in [0.15, 0.2) is 36.7 Å². The molecule has 1 fully saturated rings. The molecule has 29 heavy (non-hydrogen) atoms. The van der Waals surface area contributed by atoms with Crippen molar-refractivity contribution in [3.8, 4) is 11.1 Å². The van der Waals surface area contributed by atoms with Gasteiger partial charge in [0.25, 0.3) is 0 Å². The standard InChI is InChI=1S/C22H28N6O/c1-15(2)12-28-7-6-16(13-28)8-22(29)24-21-10-18-9-17(4-5-20(18)25-26-21)19-11-23-27(3)14-19/h4-5,9-11,14-16H,6-8,12-13H2,1-3H3,(H,24,26,29). The second-order valence-electron chi connectivity index (χ2n) is 8.47. The number of nitrogens with one attached hydrogen (secondary N) is 1. The highest BCUT2D eigenvalue weighted by Crippen LogP contribution is 2.25. The molecule has 152 valence electrons. The van der Waals surface area contributed by atoms with E-state index in [-0.39, 0.29) is 5.91 Å². The molecule has 2 aromatic heterocycles. The van der Waals surface area contributed by atoms with Gasteiger partial charge >= 0.3 is 0 Å². The van der Waals surface area contributed by atoms with Crippen LogP contribution in [-0.4, -0.2) is 50.4 Å². The number of hydrogen-bond donors (Lipinski definition) is 1. The van der Waals surface area contributed by atoms with Crippen LogP contribution in [0, 0.1) is 11.8 Å². The van der Waals surface area contributed by atoms with Gasteiger partial charge in [0, 0.05) is 43.7 Å². The van der Waals surface area contributed by atoms with Crippen LogP contribution in [0.5, 0.6) is 0 Å². The molecule has 7 heteroatoms. The smallest absolute Gasteiger partial charge is 0.225 e. The maximum absolute atomic E-state index is 12.5. The van der Waals surface area contributed by atoms with Gasteiger partial charge in [-0.25, -0.2) is 0 Å². The van der Waals surface area contributed by atoms with Crippen molar-refractivity contribution in [1.82, 2.24) is 24.9 Å². The highest BCUT2D eigenvalue weighted by Gasteiger charge is 2.25. The number of hydrogen-bond acceptors (Lipinski definition) is 5. The summed E-state index contributed by atoms with van der Waals surface area (Å²) in [5, 5.41) is 16.5. The molecule has 0 spiro atoms. The summed E-state index contributed by atoms with van der Waals surface area (Å²) in [6, 6.07) is 7.89. The second-order valence-corrected chi connectivity index (χ2v) is 8.47. The minimum absolute atomic E-state index is 0.0125. The Morgan fingerprint density at radius 1 is 1.24 bits per heavy atom. The van der Waals surface area contributed by atoms with Crippen molar-refractivity contribution in [2.45, 2.75) is 26.7 Å². The SMILES string of the molecule is CC(C)CN1CCC(CC(=O)Nc2cc3cc(-c4cnn(C)c4)ccc3nn2)C1. The minimum Gasteiger partial charge on any atom is -0.309 e. The number of amides is 1. The number of anilines is 1. The lowest BCUT2D eigenvalue weighted by atomic mass is 10.0. The number of carbonyl (C=O) groups is 1. The molecule has 7 nitrogen and oxygen atoms in total. The van der Waals surface area contributed by atoms with Gasteiger partial charge in [0.1, 0.15) is 0 Å². The van der Waals surface area contributed by atoms with Crippen molar-refractivity contribution in [2.24, 2.45) is 18.9 Å². The molecule has 0 bridgehead atoms. The Morgan fingerprint density at radius 2 is 2.10 bits per heavy atom. The lowest BCUT2D eigenvalue weighted by Crippen LogP contribution is -2.26. The molecule has 0 aliphatic carbocycles. The first kappa shape index (κ1) is 19.5. The van der Waals surface area contributed by atoms with Crippen molar-refractivity contribution in [3.63, 3.8) is 0 Å². The van der Waals surface area contributed by atoms with Crippen LogP contribution in [0.1, 0.15) is 26.7 Å². The molecule has 1 unspecified atom stereocenters. The van der Waals surface area contributed by atoms with E-state index in [2.05, 4.69) is 45.4 Å². The third-order valence-electron chi connectivity index (χ3n) is 5.36. The van der Waals surface area contributed by atoms with E-state index in [9.17, 15) is 4.79 Å². The number of benzene rings is 1. The molecular formula is C22H28N6O. The van der Waals surface area contributed by atoms with Crippen LogP contribution < -0.4 is 5.32 Å². The fraction of sp³-hybridized carbons (Fsp3) is 0.455. The van der Waals surface area contributed by atoms with Gasteiger partial charge in [0.05, 0.1) is 11.7 Å². The summed E-state index contributed by atoms with van der Waals surface area (Å²) in [7, 11) is 1.90. The first-order valence-corrected chi connectivity index (χ1v) is 10.2. The molecule has 1 aromatic carbocycles. The van der Waals surface area contributed by atoms with Crippen LogP contribution in [0.25, 0.3) is 22.0 Å². The molecule has 0 saturated carbocycles. The van der Waals surface area contributed by atoms with Crippen LogP contribution in [0.3, 0.4) is 0 Å². The number of rotatable bonds is 6. The average molecular weight is 393 g/mol. The van der Waals surface area contributed by atoms with Gasteiger partial charge in [0.15, 0.2) is 5.82 Å². The number of carbonyl (C=O) groups excluding carboxylic acids is 1. The van der Waals surface area contributed by atoms with Gasteiger partial charge in [-0.2, -0.15) is 5.10 Å². The van der Waals surface area contributed by atoms with E-state index < -0.39 is 0 Å². The molecule has 3 aromatic rings. The molecule has 1 saturated heterocycles. The first-order valence-electron chi connectivity index (χ1n) is 10.2. The lowest BCUT2D eigenvalue weighted by molar-refractivity contribution is -0.117. The second kappa shape index (κ2) is 8.29. The zero-order valence-electron chi connectivity index (χ0n) is 17.3. The van der Waals surface area contributed by atoms with Gasteiger partial charge < -0.3 is 10.2 Å². The first-order chi connectivity index (χ1) is 14.0. The molecule has 1 aliphatic heterocycles. The quantitative estimate of drug-likeness (QED) is 0.696. The van der Waals surface area contributed by atoms with Crippen LogP contribution >= 0.6 is 0 Å². The summed E-state index contributed by atoms with van der Waals surface area (Å²) in [5.41, 5.74) is 2.91. The van der Waals surface area contributed by atoms with Crippen molar-refractivity contribution in [2.75, 3.05) is 25.0 Å². The average Bonchev–Trinajstić information content (AvgIpc) is 3.29. The van der Waals surface area contributed by atoms with Gasteiger partial charge in [0.2, 0.25) is 5.91 Å². The number of likely N-dealkylation sites (tertiary alicyclic amines) is 1. The Kier molecular flexibility index (Phi) is 5.58. The summed E-state index contributed by atoms with van der Waals surface area (Å²) >= 11 is 0. The predicted octanol–water partition coefficient (Wildman–Crippen LogP) is 3.34. The Morgan fingerprint density at radius 3 is 2.86 bits per heavy atom. The molecule has 1 atom stereocenters. The normalized spacial score (nSPS) is 17.3. The summed E-state index contributed by atoms with van der Waals surface area (Å²) < 4.78 is 1.78. The Labute approximate surface area is 171 Å². The van der Waals surface area contributed by atoms with Crippen LogP contribution in [0.2, 0.25) is 0 Å². The fourth-order valence-electron chi connectivity index (χ4n) is 4.07. The molecule has 4 rings (SSSR count). The van der Waals surface area contributed by atoms with E-state index >= 15 is 0 Å². The lowest BCUT2D eigenvalue weighted by Gasteiger charge is -2.18. The summed E-state index contributed by atoms with van der Waals surface area (Å²) in [6.45, 7) is 7.66. The van der Waals surface area contributed by atoms with E-state index in [0.717, 1.165) is 48.1 Å². The van der Waals surface area contributed by atoms with Crippen LogP contribution in [0.4, 0.5) is 5.82 Å². The van der Waals surface area contributed by atoms with Crippen molar-refractivity contribution >= 4 is 22.6 Å². The summed E-state index contributed by atoms with van der Waals surface area (Å²) in [4.78, 5) is 15.0. The van der Waals surface area contributed by atoms with E-state index in [1.54, 1.807) is 4.68 Å². The Balaban J connectivity index is 1.42.